The second kappa shape index (κ2) is 8.51. The Hall–Kier alpha value is -1.09. The molecule has 1 aromatic rings. The van der Waals surface area contributed by atoms with Gasteiger partial charge in [0, 0.05) is 13.2 Å². The maximum Gasteiger partial charge on any atom is 0.165 e. The Balaban J connectivity index is 0.000000292. The largest absolute Gasteiger partial charge is 0.494 e. The van der Waals surface area contributed by atoms with Gasteiger partial charge in [-0.25, -0.2) is 4.39 Å². The average Bonchev–Trinajstić information content (AvgIpc) is 2.21. The zero-order valence-corrected chi connectivity index (χ0v) is 8.92. The number of halogens is 1. The van der Waals surface area contributed by atoms with Crippen molar-refractivity contribution >= 4 is 0 Å². The van der Waals surface area contributed by atoms with Crippen LogP contribution in [0.1, 0.15) is 13.8 Å². The number of benzene rings is 1. The number of rotatable bonds is 3. The van der Waals surface area contributed by atoms with E-state index in [2.05, 4.69) is 4.74 Å². The molecule has 2 nitrogen and oxygen atoms in total. The summed E-state index contributed by atoms with van der Waals surface area (Å²) >= 11 is 0. The molecule has 80 valence electrons. The van der Waals surface area contributed by atoms with Gasteiger partial charge in [0.15, 0.2) is 11.6 Å². The fourth-order valence-electron chi connectivity index (χ4n) is 0.814. The lowest BCUT2D eigenvalue weighted by Crippen LogP contribution is -1.85. The van der Waals surface area contributed by atoms with E-state index in [9.17, 15) is 4.39 Å². The minimum absolute atomic E-state index is 0.289. The minimum Gasteiger partial charge on any atom is -0.494 e. The van der Waals surface area contributed by atoms with Gasteiger partial charge in [0.1, 0.15) is 0 Å². The Kier molecular flexibility index (Phi) is 7.84. The molecule has 0 fully saturated rings. The van der Waals surface area contributed by atoms with E-state index in [0.29, 0.717) is 0 Å². The fourth-order valence-corrected chi connectivity index (χ4v) is 0.814. The van der Waals surface area contributed by atoms with E-state index in [1.807, 2.05) is 13.8 Å². The van der Waals surface area contributed by atoms with Crippen LogP contribution in [0, 0.1) is 5.82 Å². The Morgan fingerprint density at radius 3 is 2.00 bits per heavy atom. The van der Waals surface area contributed by atoms with E-state index in [0.717, 1.165) is 13.2 Å². The van der Waals surface area contributed by atoms with Gasteiger partial charge in [-0.1, -0.05) is 12.1 Å². The van der Waals surface area contributed by atoms with E-state index >= 15 is 0 Å². The van der Waals surface area contributed by atoms with Gasteiger partial charge in [-0.3, -0.25) is 0 Å². The topological polar surface area (TPSA) is 18.5 Å². The van der Waals surface area contributed by atoms with Gasteiger partial charge in [0.05, 0.1) is 7.11 Å². The van der Waals surface area contributed by atoms with Crippen molar-refractivity contribution in [3.05, 3.63) is 30.1 Å². The van der Waals surface area contributed by atoms with Crippen LogP contribution in [0.3, 0.4) is 0 Å². The lowest BCUT2D eigenvalue weighted by molar-refractivity contribution is 0.162. The highest BCUT2D eigenvalue weighted by Gasteiger charge is 1.95. The van der Waals surface area contributed by atoms with Crippen molar-refractivity contribution in [1.82, 2.24) is 0 Å². The highest BCUT2D eigenvalue weighted by molar-refractivity contribution is 5.23. The van der Waals surface area contributed by atoms with Gasteiger partial charge < -0.3 is 9.47 Å². The van der Waals surface area contributed by atoms with E-state index in [1.165, 1.54) is 13.2 Å². The minimum atomic E-state index is -0.319. The molecule has 0 N–H and O–H groups in total. The second-order valence-corrected chi connectivity index (χ2v) is 2.42. The molecule has 0 radical (unpaired) electrons. The molecule has 0 unspecified atom stereocenters. The maximum absolute atomic E-state index is 12.5. The van der Waals surface area contributed by atoms with Crippen molar-refractivity contribution in [2.45, 2.75) is 13.8 Å². The van der Waals surface area contributed by atoms with Crippen molar-refractivity contribution in [1.29, 1.82) is 0 Å². The quantitative estimate of drug-likeness (QED) is 0.747. The lowest BCUT2D eigenvalue weighted by Gasteiger charge is -1.97. The fraction of sp³-hybridized carbons (Fsp3) is 0.455. The van der Waals surface area contributed by atoms with Crippen LogP contribution >= 0.6 is 0 Å². The van der Waals surface area contributed by atoms with Crippen LogP contribution in [0.4, 0.5) is 4.39 Å². The predicted molar refractivity (Wildman–Crippen MR) is 55.1 cm³/mol. The molecule has 14 heavy (non-hydrogen) atoms. The number of methoxy groups -OCH3 is 1. The SMILES string of the molecule is CCOCC.COc1ccccc1F. The molecule has 0 aliphatic carbocycles. The van der Waals surface area contributed by atoms with E-state index in [4.69, 9.17) is 4.74 Å². The summed E-state index contributed by atoms with van der Waals surface area (Å²) in [5.41, 5.74) is 0. The summed E-state index contributed by atoms with van der Waals surface area (Å²) in [6.45, 7) is 5.67. The first-order valence-electron chi connectivity index (χ1n) is 4.62. The summed E-state index contributed by atoms with van der Waals surface area (Å²) in [7, 11) is 1.44. The molecule has 1 aromatic carbocycles. The molecule has 0 aliphatic rings. The monoisotopic (exact) mass is 200 g/mol. The highest BCUT2D eigenvalue weighted by atomic mass is 19.1. The molecular formula is C11H17FO2. The first kappa shape index (κ1) is 12.9. The van der Waals surface area contributed by atoms with Crippen LogP contribution in [0.5, 0.6) is 5.75 Å². The van der Waals surface area contributed by atoms with Crippen LogP contribution in [0.25, 0.3) is 0 Å². The average molecular weight is 200 g/mol. The molecule has 0 bridgehead atoms. The third-order valence-corrected chi connectivity index (χ3v) is 1.46. The number of hydrogen-bond donors (Lipinski definition) is 0. The summed E-state index contributed by atoms with van der Waals surface area (Å²) in [6.07, 6.45) is 0. The van der Waals surface area contributed by atoms with Crippen LogP contribution in [-0.2, 0) is 4.74 Å². The third-order valence-electron chi connectivity index (χ3n) is 1.46. The maximum atomic E-state index is 12.5. The zero-order valence-electron chi connectivity index (χ0n) is 8.92. The molecule has 0 spiro atoms. The summed E-state index contributed by atoms with van der Waals surface area (Å²) in [6, 6.07) is 6.29. The smallest absolute Gasteiger partial charge is 0.165 e. The molecule has 0 amide bonds. The molecule has 0 heterocycles. The molecular weight excluding hydrogens is 183 g/mol. The van der Waals surface area contributed by atoms with E-state index < -0.39 is 0 Å². The lowest BCUT2D eigenvalue weighted by atomic mass is 10.3. The number of hydrogen-bond acceptors (Lipinski definition) is 2. The van der Waals surface area contributed by atoms with Crippen LogP contribution in [-0.4, -0.2) is 20.3 Å². The summed E-state index contributed by atoms with van der Waals surface area (Å²) in [4.78, 5) is 0. The van der Waals surface area contributed by atoms with E-state index in [1.54, 1.807) is 18.2 Å². The first-order chi connectivity index (χ1) is 6.76. The number of para-hydroxylation sites is 1. The van der Waals surface area contributed by atoms with Crippen molar-refractivity contribution in [2.24, 2.45) is 0 Å². The van der Waals surface area contributed by atoms with Crippen molar-refractivity contribution < 1.29 is 13.9 Å². The standard InChI is InChI=1S/C7H7FO.C4H10O/c1-9-7-5-3-2-4-6(7)8;1-3-5-4-2/h2-5H,1H3;3-4H2,1-2H3. The van der Waals surface area contributed by atoms with Gasteiger partial charge in [-0.15, -0.1) is 0 Å². The molecule has 0 aliphatic heterocycles. The van der Waals surface area contributed by atoms with Crippen molar-refractivity contribution in [3.63, 3.8) is 0 Å². The van der Waals surface area contributed by atoms with Gasteiger partial charge in [0.2, 0.25) is 0 Å². The second-order valence-electron chi connectivity index (χ2n) is 2.42. The van der Waals surface area contributed by atoms with Gasteiger partial charge in [0.25, 0.3) is 0 Å². The number of ether oxygens (including phenoxy) is 2. The molecule has 0 aromatic heterocycles. The normalized spacial score (nSPS) is 8.86. The van der Waals surface area contributed by atoms with Gasteiger partial charge >= 0.3 is 0 Å². The summed E-state index contributed by atoms with van der Waals surface area (Å²) in [5, 5.41) is 0. The predicted octanol–water partition coefficient (Wildman–Crippen LogP) is 2.88. The highest BCUT2D eigenvalue weighted by Crippen LogP contribution is 2.13. The molecule has 3 heteroatoms. The Morgan fingerprint density at radius 2 is 1.71 bits per heavy atom. The van der Waals surface area contributed by atoms with E-state index in [-0.39, 0.29) is 11.6 Å². The molecule has 0 saturated heterocycles. The van der Waals surface area contributed by atoms with Crippen LogP contribution in [0.2, 0.25) is 0 Å². The summed E-state index contributed by atoms with van der Waals surface area (Å²) < 4.78 is 22.0. The van der Waals surface area contributed by atoms with Crippen molar-refractivity contribution in [2.75, 3.05) is 20.3 Å². The Labute approximate surface area is 84.7 Å². The van der Waals surface area contributed by atoms with Crippen LogP contribution in [0.15, 0.2) is 24.3 Å². The molecule has 0 saturated carbocycles. The van der Waals surface area contributed by atoms with Crippen LogP contribution < -0.4 is 4.74 Å². The molecule has 1 rings (SSSR count). The third kappa shape index (κ3) is 5.54. The van der Waals surface area contributed by atoms with Gasteiger partial charge in [-0.05, 0) is 26.0 Å². The Morgan fingerprint density at radius 1 is 1.14 bits per heavy atom. The van der Waals surface area contributed by atoms with Crippen molar-refractivity contribution in [3.8, 4) is 5.75 Å². The first-order valence-corrected chi connectivity index (χ1v) is 4.62. The van der Waals surface area contributed by atoms with Gasteiger partial charge in [-0.2, -0.15) is 0 Å². The zero-order chi connectivity index (χ0) is 10.8. The summed E-state index contributed by atoms with van der Waals surface area (Å²) in [5.74, 6) is -0.0301. The molecule has 0 atom stereocenters. The Bertz CT molecular complexity index is 236.